The molecule has 71 valence electrons. The molecule has 0 fully saturated rings. The molecular weight excluding hydrogens is 199 g/mol. The van der Waals surface area contributed by atoms with E-state index in [2.05, 4.69) is 15.7 Å². The van der Waals surface area contributed by atoms with Gasteiger partial charge in [-0.25, -0.2) is 0 Å². The molecule has 0 aliphatic heterocycles. The van der Waals surface area contributed by atoms with Gasteiger partial charge in [0.05, 0.1) is 0 Å². The first-order valence-electron chi connectivity index (χ1n) is 3.10. The van der Waals surface area contributed by atoms with Crippen LogP contribution in [0.4, 0.5) is 0 Å². The first kappa shape index (κ1) is 13.9. The Kier molecular flexibility index (Phi) is 8.10. The van der Waals surface area contributed by atoms with Crippen LogP contribution in [0.1, 0.15) is 11.1 Å². The van der Waals surface area contributed by atoms with E-state index in [4.69, 9.17) is 8.97 Å². The first-order chi connectivity index (χ1) is 5.20. The molecule has 12 heavy (non-hydrogen) atoms. The van der Waals surface area contributed by atoms with Gasteiger partial charge in [-0.3, -0.25) is 0 Å². The van der Waals surface area contributed by atoms with E-state index in [1.165, 1.54) is 0 Å². The molecule has 0 unspecified atom stereocenters. The molecule has 1 aromatic carbocycles. The molecule has 2 nitrogen and oxygen atoms in total. The van der Waals surface area contributed by atoms with Crippen molar-refractivity contribution in [2.24, 2.45) is 0 Å². The average Bonchev–Trinajstić information content (AvgIpc) is 2.02. The maximum atomic E-state index is 9.10. The number of phenols is 1. The molecule has 0 amide bonds. The quantitative estimate of drug-likeness (QED) is 0.670. The third kappa shape index (κ3) is 4.26. The van der Waals surface area contributed by atoms with Gasteiger partial charge in [-0.1, -0.05) is 12.1 Å². The van der Waals surface area contributed by atoms with Crippen LogP contribution in [0.2, 0.25) is 0 Å². The van der Waals surface area contributed by atoms with Crippen LogP contribution in [0.15, 0.2) is 18.2 Å². The number of benzene rings is 1. The van der Waals surface area contributed by atoms with Crippen LogP contribution >= 0.6 is 0 Å². The molecule has 0 atom stereocenters. The van der Waals surface area contributed by atoms with Crippen LogP contribution in [0.25, 0.3) is 0 Å². The van der Waals surface area contributed by atoms with Crippen LogP contribution in [-0.4, -0.2) is 5.11 Å². The Labute approximate surface area is 81.4 Å². The summed E-state index contributed by atoms with van der Waals surface area (Å²) in [6, 6.07) is 5.65. The summed E-state index contributed by atoms with van der Waals surface area (Å²) in [4.78, 5) is 0. The zero-order valence-corrected chi connectivity index (χ0v) is 8.46. The van der Waals surface area contributed by atoms with E-state index < -0.39 is 0 Å². The molecule has 3 heteroatoms. The van der Waals surface area contributed by atoms with Gasteiger partial charge < -0.3 is 12.5 Å². The molecule has 0 heterocycles. The zero-order valence-electron chi connectivity index (χ0n) is 7.42. The SMILES string of the molecule is Cc1ccc(C)c(O)c1.[CH3-].[O]=[Co]. The van der Waals surface area contributed by atoms with Gasteiger partial charge in [-0.05, 0) is 31.0 Å². The van der Waals surface area contributed by atoms with Crippen LogP contribution < -0.4 is 0 Å². The molecule has 0 aliphatic carbocycles. The van der Waals surface area contributed by atoms with Gasteiger partial charge in [0, 0.05) is 0 Å². The van der Waals surface area contributed by atoms with E-state index in [0.717, 1.165) is 11.1 Å². The van der Waals surface area contributed by atoms with E-state index in [1.807, 2.05) is 26.0 Å². The topological polar surface area (TPSA) is 37.3 Å². The summed E-state index contributed by atoms with van der Waals surface area (Å²) >= 11 is 2.31. The predicted molar refractivity (Wildman–Crippen MR) is 44.7 cm³/mol. The van der Waals surface area contributed by atoms with Crippen molar-refractivity contribution in [1.29, 1.82) is 0 Å². The maximum absolute atomic E-state index is 9.10. The molecule has 0 spiro atoms. The first-order valence-corrected chi connectivity index (χ1v) is 3.52. The van der Waals surface area contributed by atoms with Crippen LogP contribution in [0.5, 0.6) is 5.75 Å². The minimum absolute atomic E-state index is 0. The summed E-state index contributed by atoms with van der Waals surface area (Å²) in [6.45, 7) is 3.84. The molecule has 0 radical (unpaired) electrons. The number of rotatable bonds is 0. The van der Waals surface area contributed by atoms with Gasteiger partial charge in [-0.15, -0.1) is 0 Å². The summed E-state index contributed by atoms with van der Waals surface area (Å²) in [5.41, 5.74) is 2.03. The Morgan fingerprint density at radius 1 is 1.25 bits per heavy atom. The Bertz CT molecular complexity index is 236. The molecule has 0 saturated heterocycles. The summed E-state index contributed by atoms with van der Waals surface area (Å²) in [7, 11) is 0. The molecule has 0 bridgehead atoms. The van der Waals surface area contributed by atoms with E-state index in [9.17, 15) is 0 Å². The van der Waals surface area contributed by atoms with E-state index >= 15 is 0 Å². The van der Waals surface area contributed by atoms with Crippen molar-refractivity contribution < 1.29 is 24.6 Å². The number of phenolic OH excluding ortho intramolecular Hbond substituents is 1. The second-order valence-electron chi connectivity index (χ2n) is 2.29. The average molecular weight is 212 g/mol. The van der Waals surface area contributed by atoms with Crippen molar-refractivity contribution in [2.45, 2.75) is 13.8 Å². The molecule has 0 saturated carbocycles. The molecule has 1 N–H and O–H groups in total. The monoisotopic (exact) mass is 212 g/mol. The fraction of sp³-hybridized carbons (Fsp3) is 0.222. The number of hydrogen-bond donors (Lipinski definition) is 1. The zero-order chi connectivity index (χ0) is 8.85. The van der Waals surface area contributed by atoms with Crippen LogP contribution in [0.3, 0.4) is 0 Å². The molecular formula is C9H13CoO2-. The third-order valence-corrected chi connectivity index (χ3v) is 1.36. The second-order valence-corrected chi connectivity index (χ2v) is 2.29. The number of aryl methyl sites for hydroxylation is 2. The standard InChI is InChI=1S/C8H10O.CH3.Co.O/c1-6-3-4-7(2)8(9)5-6;;;/h3-5,9H,1-2H3;1H3;;/q;-1;;. The Balaban J connectivity index is 0. The van der Waals surface area contributed by atoms with Crippen molar-refractivity contribution in [3.63, 3.8) is 0 Å². The summed E-state index contributed by atoms with van der Waals surface area (Å²) in [6.07, 6.45) is 0. The van der Waals surface area contributed by atoms with Crippen LogP contribution in [0, 0.1) is 21.3 Å². The van der Waals surface area contributed by atoms with Gasteiger partial charge in [0.15, 0.2) is 0 Å². The van der Waals surface area contributed by atoms with E-state index in [0.29, 0.717) is 5.75 Å². The van der Waals surface area contributed by atoms with Crippen LogP contribution in [-0.2, 0) is 19.5 Å². The Hall–Kier alpha value is -0.674. The fourth-order valence-electron chi connectivity index (χ4n) is 0.719. The normalized spacial score (nSPS) is 7.58. The number of aromatic hydroxyl groups is 1. The molecule has 0 aliphatic rings. The summed E-state index contributed by atoms with van der Waals surface area (Å²) in [5, 5.41) is 9.10. The molecule has 1 aromatic rings. The van der Waals surface area contributed by atoms with Crippen molar-refractivity contribution in [3.8, 4) is 5.75 Å². The van der Waals surface area contributed by atoms with Crippen molar-refractivity contribution >= 4 is 0 Å². The van der Waals surface area contributed by atoms with Gasteiger partial charge in [0.25, 0.3) is 0 Å². The predicted octanol–water partition coefficient (Wildman–Crippen LogP) is 2.34. The third-order valence-electron chi connectivity index (χ3n) is 1.36. The molecule has 1 rings (SSSR count). The number of hydrogen-bond acceptors (Lipinski definition) is 2. The minimum atomic E-state index is 0. The van der Waals surface area contributed by atoms with Crippen molar-refractivity contribution in [2.75, 3.05) is 0 Å². The van der Waals surface area contributed by atoms with Gasteiger partial charge in [0.1, 0.15) is 5.75 Å². The van der Waals surface area contributed by atoms with Crippen molar-refractivity contribution in [1.82, 2.24) is 0 Å². The van der Waals surface area contributed by atoms with Gasteiger partial charge in [0.2, 0.25) is 0 Å². The van der Waals surface area contributed by atoms with E-state index in [1.54, 1.807) is 6.07 Å². The van der Waals surface area contributed by atoms with Crippen molar-refractivity contribution in [3.05, 3.63) is 36.8 Å². The van der Waals surface area contributed by atoms with Gasteiger partial charge >= 0.3 is 19.5 Å². The summed E-state index contributed by atoms with van der Waals surface area (Å²) < 4.78 is 7.94. The second kappa shape index (κ2) is 7.00. The van der Waals surface area contributed by atoms with E-state index in [-0.39, 0.29) is 7.43 Å². The Morgan fingerprint density at radius 2 is 1.75 bits per heavy atom. The fourth-order valence-corrected chi connectivity index (χ4v) is 0.719. The summed E-state index contributed by atoms with van der Waals surface area (Å²) in [5.74, 6) is 0.384. The van der Waals surface area contributed by atoms with Gasteiger partial charge in [-0.2, -0.15) is 0 Å². The Morgan fingerprint density at radius 3 is 2.08 bits per heavy atom. The molecule has 0 aromatic heterocycles.